The van der Waals surface area contributed by atoms with Gasteiger partial charge in [-0.15, -0.1) is 0 Å². The van der Waals surface area contributed by atoms with Crippen molar-refractivity contribution in [3.05, 3.63) is 47.3 Å². The average Bonchev–Trinajstić information content (AvgIpc) is 3.44. The van der Waals surface area contributed by atoms with E-state index in [1.807, 2.05) is 6.07 Å². The summed E-state index contributed by atoms with van der Waals surface area (Å²) in [6.07, 6.45) is -1.72. The lowest BCUT2D eigenvalue weighted by Crippen LogP contribution is -2.52. The fraction of sp³-hybridized carbons (Fsp3) is 0.577. The summed E-state index contributed by atoms with van der Waals surface area (Å²) in [5, 5.41) is 31.5. The number of carbonyl (C=O) groups excluding carboxylic acids is 2. The van der Waals surface area contributed by atoms with Crippen molar-refractivity contribution >= 4 is 19.1 Å². The SMILES string of the molecule is CC(C)(C=C(C#N)C(=O)N1CCCC1(C)COC(=O)N[C@@H](Cc1ccc(F)cc1)B(O)O)N1C[C@@H](F)[C@@H](F)C1. The second-order valence-electron chi connectivity index (χ2n) is 10.9. The number of alkyl halides is 2. The molecule has 2 fully saturated rings. The normalized spacial score (nSPS) is 24.8. The molecule has 9 nitrogen and oxygen atoms in total. The van der Waals surface area contributed by atoms with E-state index in [0.717, 1.165) is 0 Å². The Hall–Kier alpha value is -3.08. The number of ether oxygens (including phenoxy) is 1. The fourth-order valence-electron chi connectivity index (χ4n) is 4.97. The zero-order valence-electron chi connectivity index (χ0n) is 22.2. The lowest BCUT2D eigenvalue weighted by atomic mass is 9.76. The van der Waals surface area contributed by atoms with Crippen molar-refractivity contribution in [3.63, 3.8) is 0 Å². The monoisotopic (exact) mass is 550 g/mol. The quantitative estimate of drug-likeness (QED) is 0.244. The first kappa shape index (κ1) is 30.5. The first-order valence-electron chi connectivity index (χ1n) is 12.8. The first-order chi connectivity index (χ1) is 18.3. The van der Waals surface area contributed by atoms with E-state index in [4.69, 9.17) is 4.74 Å². The van der Waals surface area contributed by atoms with Gasteiger partial charge in [-0.2, -0.15) is 5.26 Å². The van der Waals surface area contributed by atoms with Gasteiger partial charge in [0.05, 0.1) is 11.5 Å². The molecule has 0 aliphatic carbocycles. The summed E-state index contributed by atoms with van der Waals surface area (Å²) in [5.74, 6) is -2.17. The summed E-state index contributed by atoms with van der Waals surface area (Å²) in [6, 6.07) is 7.25. The van der Waals surface area contributed by atoms with Crippen molar-refractivity contribution in [3.8, 4) is 6.07 Å². The van der Waals surface area contributed by atoms with Crippen molar-refractivity contribution in [2.45, 2.75) is 69.4 Å². The predicted molar refractivity (Wildman–Crippen MR) is 137 cm³/mol. The van der Waals surface area contributed by atoms with Gasteiger partial charge in [0.15, 0.2) is 0 Å². The molecule has 1 unspecified atom stereocenters. The van der Waals surface area contributed by atoms with Crippen LogP contribution in [-0.4, -0.2) is 94.6 Å². The van der Waals surface area contributed by atoms with E-state index in [-0.39, 0.29) is 31.7 Å². The Morgan fingerprint density at radius 1 is 1.28 bits per heavy atom. The van der Waals surface area contributed by atoms with Crippen LogP contribution in [-0.2, 0) is 16.0 Å². The number of benzene rings is 1. The molecule has 2 amide bonds. The molecule has 0 spiro atoms. The zero-order valence-corrected chi connectivity index (χ0v) is 22.2. The van der Waals surface area contributed by atoms with Crippen LogP contribution >= 0.6 is 0 Å². The summed E-state index contributed by atoms with van der Waals surface area (Å²) in [5.41, 5.74) is -1.52. The highest BCUT2D eigenvalue weighted by Gasteiger charge is 2.44. The van der Waals surface area contributed by atoms with Crippen LogP contribution in [0.5, 0.6) is 0 Å². The number of amides is 2. The number of carbonyl (C=O) groups is 2. The molecule has 2 aliphatic heterocycles. The molecule has 212 valence electrons. The fourth-order valence-corrected chi connectivity index (χ4v) is 4.97. The summed E-state index contributed by atoms with van der Waals surface area (Å²) in [7, 11) is -1.91. The van der Waals surface area contributed by atoms with Gasteiger partial charge in [-0.3, -0.25) is 9.69 Å². The van der Waals surface area contributed by atoms with Gasteiger partial charge in [-0.25, -0.2) is 18.0 Å². The minimum Gasteiger partial charge on any atom is -0.447 e. The Morgan fingerprint density at radius 3 is 2.46 bits per heavy atom. The number of nitrogens with zero attached hydrogens (tertiary/aromatic N) is 3. The van der Waals surface area contributed by atoms with Crippen LogP contribution in [0.4, 0.5) is 18.0 Å². The van der Waals surface area contributed by atoms with E-state index in [1.54, 1.807) is 25.7 Å². The number of alkyl carbamates (subject to hydrolysis) is 1. The topological polar surface area (TPSA) is 126 Å². The summed E-state index contributed by atoms with van der Waals surface area (Å²) >= 11 is 0. The molecule has 0 bridgehead atoms. The number of hydrogen-bond acceptors (Lipinski definition) is 7. The van der Waals surface area contributed by atoms with Gasteiger partial charge in [-0.05, 0) is 63.8 Å². The van der Waals surface area contributed by atoms with Crippen LogP contribution in [0.3, 0.4) is 0 Å². The zero-order chi connectivity index (χ0) is 29.0. The third kappa shape index (κ3) is 7.53. The van der Waals surface area contributed by atoms with Gasteiger partial charge in [0.2, 0.25) is 0 Å². The van der Waals surface area contributed by atoms with Gasteiger partial charge in [0.1, 0.15) is 36.4 Å². The molecule has 1 aromatic rings. The number of nitrogens with one attached hydrogen (secondary N) is 1. The molecule has 2 heterocycles. The Labute approximate surface area is 226 Å². The van der Waals surface area contributed by atoms with E-state index < -0.39 is 54.3 Å². The Kier molecular flexibility index (Phi) is 9.69. The molecule has 4 atom stereocenters. The summed E-state index contributed by atoms with van der Waals surface area (Å²) in [4.78, 5) is 28.9. The second-order valence-corrected chi connectivity index (χ2v) is 10.9. The van der Waals surface area contributed by atoms with E-state index in [2.05, 4.69) is 5.32 Å². The number of likely N-dealkylation sites (tertiary alicyclic amines) is 2. The van der Waals surface area contributed by atoms with Crippen molar-refractivity contribution < 1.29 is 37.5 Å². The van der Waals surface area contributed by atoms with Crippen molar-refractivity contribution in [2.75, 3.05) is 26.2 Å². The Balaban J connectivity index is 1.64. The van der Waals surface area contributed by atoms with E-state index >= 15 is 0 Å². The Bertz CT molecular complexity index is 1100. The van der Waals surface area contributed by atoms with Crippen molar-refractivity contribution in [1.29, 1.82) is 5.26 Å². The van der Waals surface area contributed by atoms with Crippen LogP contribution in [0.25, 0.3) is 0 Å². The van der Waals surface area contributed by atoms with Crippen molar-refractivity contribution in [2.24, 2.45) is 0 Å². The summed E-state index contributed by atoms with van der Waals surface area (Å²) < 4.78 is 46.0. The number of nitriles is 1. The second kappa shape index (κ2) is 12.4. The number of rotatable bonds is 9. The average molecular weight is 550 g/mol. The highest BCUT2D eigenvalue weighted by molar-refractivity contribution is 6.43. The molecule has 0 saturated carbocycles. The largest absolute Gasteiger partial charge is 0.475 e. The van der Waals surface area contributed by atoms with Gasteiger partial charge in [0, 0.05) is 25.2 Å². The van der Waals surface area contributed by atoms with Gasteiger partial charge >= 0.3 is 13.2 Å². The van der Waals surface area contributed by atoms with Crippen LogP contribution in [0.2, 0.25) is 0 Å². The molecule has 3 N–H and O–H groups in total. The molecule has 1 aromatic carbocycles. The lowest BCUT2D eigenvalue weighted by Gasteiger charge is -2.36. The predicted octanol–water partition coefficient (Wildman–Crippen LogP) is 2.08. The molecular weight excluding hydrogens is 516 g/mol. The highest BCUT2D eigenvalue weighted by Crippen LogP contribution is 2.32. The first-order valence-corrected chi connectivity index (χ1v) is 12.8. The van der Waals surface area contributed by atoms with Gasteiger partial charge < -0.3 is 25.0 Å². The molecule has 2 aliphatic rings. The highest BCUT2D eigenvalue weighted by atomic mass is 19.2. The maximum atomic E-state index is 13.8. The minimum absolute atomic E-state index is 0.00432. The smallest absolute Gasteiger partial charge is 0.447 e. The summed E-state index contributed by atoms with van der Waals surface area (Å²) in [6.45, 7) is 4.86. The maximum absolute atomic E-state index is 13.8. The minimum atomic E-state index is -1.91. The van der Waals surface area contributed by atoms with Crippen molar-refractivity contribution in [1.82, 2.24) is 15.1 Å². The van der Waals surface area contributed by atoms with E-state index in [0.29, 0.717) is 24.9 Å². The molecular formula is C26H34BF3N4O5. The molecule has 13 heteroatoms. The Morgan fingerprint density at radius 2 is 1.90 bits per heavy atom. The molecule has 2 saturated heterocycles. The van der Waals surface area contributed by atoms with Crippen LogP contribution in [0.15, 0.2) is 35.9 Å². The number of halogens is 3. The van der Waals surface area contributed by atoms with Crippen LogP contribution < -0.4 is 5.32 Å². The molecule has 39 heavy (non-hydrogen) atoms. The third-order valence-electron chi connectivity index (χ3n) is 7.39. The third-order valence-corrected chi connectivity index (χ3v) is 7.39. The van der Waals surface area contributed by atoms with Crippen LogP contribution in [0, 0.1) is 17.1 Å². The van der Waals surface area contributed by atoms with Crippen LogP contribution in [0.1, 0.15) is 39.2 Å². The maximum Gasteiger partial charge on any atom is 0.475 e. The number of hydrogen-bond donors (Lipinski definition) is 3. The van der Waals surface area contributed by atoms with E-state index in [1.165, 1.54) is 35.2 Å². The molecule has 0 aromatic heterocycles. The van der Waals surface area contributed by atoms with E-state index in [9.17, 15) is 38.1 Å². The standard InChI is InChI=1S/C26H34BF3N4O5/c1-25(2,33-14-20(29)21(30)15-33)12-18(13-31)23(35)34-10-4-9-26(34,3)16-39-24(36)32-22(27(37)38)11-17-5-7-19(28)8-6-17/h5-8,12,20-22,37-38H,4,9-11,14-16H2,1-3H3,(H,32,36)/t20-,21+,22-,26?/m0/s1. The molecule has 3 rings (SSSR count). The van der Waals surface area contributed by atoms with Gasteiger partial charge in [0.25, 0.3) is 5.91 Å². The van der Waals surface area contributed by atoms with Gasteiger partial charge in [-0.1, -0.05) is 12.1 Å². The lowest BCUT2D eigenvalue weighted by molar-refractivity contribution is -0.131. The molecule has 0 radical (unpaired) electrons.